The van der Waals surface area contributed by atoms with Crippen LogP contribution in [0.5, 0.6) is 0 Å². The molecule has 1 aromatic rings. The third-order valence-corrected chi connectivity index (χ3v) is 2.81. The number of rotatable bonds is 5. The zero-order valence-electron chi connectivity index (χ0n) is 9.51. The molecule has 1 aromatic carbocycles. The molecule has 2 nitrogen and oxygen atoms in total. The Morgan fingerprint density at radius 3 is 2.80 bits per heavy atom. The van der Waals surface area contributed by atoms with Gasteiger partial charge in [0.1, 0.15) is 0 Å². The smallest absolute Gasteiger partial charge is 0.0667 e. The predicted molar refractivity (Wildman–Crippen MR) is 64.4 cm³/mol. The van der Waals surface area contributed by atoms with Crippen LogP contribution in [0.3, 0.4) is 0 Å². The van der Waals surface area contributed by atoms with E-state index in [0.717, 1.165) is 23.7 Å². The largest absolute Gasteiger partial charge is 0.380 e. The van der Waals surface area contributed by atoms with E-state index < -0.39 is 0 Å². The number of benzene rings is 1. The van der Waals surface area contributed by atoms with Crippen LogP contribution in [0.2, 0.25) is 5.02 Å². The van der Waals surface area contributed by atoms with E-state index in [-0.39, 0.29) is 6.10 Å². The lowest BCUT2D eigenvalue weighted by atomic mass is 10.1. The Morgan fingerprint density at radius 2 is 2.20 bits per heavy atom. The van der Waals surface area contributed by atoms with Crippen LogP contribution in [0.25, 0.3) is 0 Å². The third kappa shape index (κ3) is 4.20. The molecule has 0 aliphatic carbocycles. The Hall–Kier alpha value is -0.570. The van der Waals surface area contributed by atoms with Gasteiger partial charge in [-0.2, -0.15) is 0 Å². The topological polar surface area (TPSA) is 21.3 Å². The number of methoxy groups -OCH3 is 1. The normalized spacial score (nSPS) is 12.8. The maximum atomic E-state index is 5.95. The van der Waals surface area contributed by atoms with Gasteiger partial charge in [-0.15, -0.1) is 0 Å². The Balaban J connectivity index is 2.41. The first-order chi connectivity index (χ1) is 7.13. The Morgan fingerprint density at radius 1 is 1.47 bits per heavy atom. The summed E-state index contributed by atoms with van der Waals surface area (Å²) < 4.78 is 5.15. The highest BCUT2D eigenvalue weighted by Crippen LogP contribution is 2.15. The molecule has 0 aliphatic heterocycles. The van der Waals surface area contributed by atoms with E-state index in [0.29, 0.717) is 0 Å². The van der Waals surface area contributed by atoms with Gasteiger partial charge in [0.05, 0.1) is 6.10 Å². The van der Waals surface area contributed by atoms with E-state index in [1.807, 2.05) is 26.0 Å². The van der Waals surface area contributed by atoms with Crippen molar-refractivity contribution in [3.8, 4) is 0 Å². The summed E-state index contributed by atoms with van der Waals surface area (Å²) in [5.41, 5.74) is 2.37. The molecule has 0 heterocycles. The molecule has 0 saturated carbocycles. The van der Waals surface area contributed by atoms with E-state index in [1.54, 1.807) is 7.11 Å². The van der Waals surface area contributed by atoms with Gasteiger partial charge < -0.3 is 10.1 Å². The molecule has 1 rings (SSSR count). The van der Waals surface area contributed by atoms with Crippen molar-refractivity contribution < 1.29 is 4.74 Å². The summed E-state index contributed by atoms with van der Waals surface area (Å²) in [6.45, 7) is 5.77. The molecule has 15 heavy (non-hydrogen) atoms. The van der Waals surface area contributed by atoms with Crippen LogP contribution in [0.15, 0.2) is 18.2 Å². The number of halogens is 1. The second-order valence-corrected chi connectivity index (χ2v) is 4.17. The van der Waals surface area contributed by atoms with Crippen LogP contribution in [-0.4, -0.2) is 19.8 Å². The van der Waals surface area contributed by atoms with Gasteiger partial charge in [-0.05, 0) is 31.0 Å². The number of hydrogen-bond donors (Lipinski definition) is 1. The monoisotopic (exact) mass is 227 g/mol. The second-order valence-electron chi connectivity index (χ2n) is 3.76. The second kappa shape index (κ2) is 6.11. The van der Waals surface area contributed by atoms with Crippen molar-refractivity contribution in [1.82, 2.24) is 5.32 Å². The van der Waals surface area contributed by atoms with Gasteiger partial charge in [-0.25, -0.2) is 0 Å². The fraction of sp³-hybridized carbons (Fsp3) is 0.500. The molecule has 0 aromatic heterocycles. The SMILES string of the molecule is CO[C@H](C)CNCc1ccc(Cl)c(C)c1. The van der Waals surface area contributed by atoms with Crippen molar-refractivity contribution in [1.29, 1.82) is 0 Å². The summed E-state index contributed by atoms with van der Waals surface area (Å²) in [5, 5.41) is 4.15. The summed E-state index contributed by atoms with van der Waals surface area (Å²) in [5.74, 6) is 0. The molecular formula is C12H18ClNO. The lowest BCUT2D eigenvalue weighted by Gasteiger charge is -2.11. The van der Waals surface area contributed by atoms with Crippen molar-refractivity contribution in [2.45, 2.75) is 26.5 Å². The minimum absolute atomic E-state index is 0.249. The Kier molecular flexibility index (Phi) is 5.09. The van der Waals surface area contributed by atoms with Crippen LogP contribution in [-0.2, 0) is 11.3 Å². The minimum atomic E-state index is 0.249. The van der Waals surface area contributed by atoms with E-state index in [4.69, 9.17) is 16.3 Å². The number of ether oxygens (including phenoxy) is 1. The van der Waals surface area contributed by atoms with Gasteiger partial charge >= 0.3 is 0 Å². The zero-order valence-corrected chi connectivity index (χ0v) is 10.3. The zero-order chi connectivity index (χ0) is 11.3. The van der Waals surface area contributed by atoms with Crippen molar-refractivity contribution in [3.63, 3.8) is 0 Å². The van der Waals surface area contributed by atoms with Crippen LogP contribution >= 0.6 is 11.6 Å². The molecular weight excluding hydrogens is 210 g/mol. The lowest BCUT2D eigenvalue weighted by molar-refractivity contribution is 0.117. The molecule has 0 saturated heterocycles. The Labute approximate surface area is 96.6 Å². The van der Waals surface area contributed by atoms with E-state index >= 15 is 0 Å². The molecule has 0 aliphatic rings. The number of aryl methyl sites for hydroxylation is 1. The van der Waals surface area contributed by atoms with Gasteiger partial charge in [-0.3, -0.25) is 0 Å². The number of nitrogens with one attached hydrogen (secondary N) is 1. The standard InChI is InChI=1S/C12H18ClNO/c1-9-6-11(4-5-12(9)13)8-14-7-10(2)15-3/h4-6,10,14H,7-8H2,1-3H3/t10-/m1/s1. The molecule has 0 spiro atoms. The van der Waals surface area contributed by atoms with Crippen LogP contribution in [0, 0.1) is 6.92 Å². The van der Waals surface area contributed by atoms with Gasteiger partial charge in [0.25, 0.3) is 0 Å². The molecule has 84 valence electrons. The quantitative estimate of drug-likeness (QED) is 0.835. The molecule has 1 N–H and O–H groups in total. The van der Waals surface area contributed by atoms with Crippen LogP contribution in [0.4, 0.5) is 0 Å². The van der Waals surface area contributed by atoms with Crippen molar-refractivity contribution in [2.24, 2.45) is 0 Å². The lowest BCUT2D eigenvalue weighted by Crippen LogP contribution is -2.25. The molecule has 3 heteroatoms. The first-order valence-corrected chi connectivity index (χ1v) is 5.50. The Bertz CT molecular complexity index is 314. The van der Waals surface area contributed by atoms with Crippen molar-refractivity contribution in [2.75, 3.05) is 13.7 Å². The van der Waals surface area contributed by atoms with E-state index in [2.05, 4.69) is 11.4 Å². The summed E-state index contributed by atoms with van der Waals surface area (Å²) in [7, 11) is 1.72. The maximum Gasteiger partial charge on any atom is 0.0667 e. The van der Waals surface area contributed by atoms with Crippen LogP contribution < -0.4 is 5.32 Å². The summed E-state index contributed by atoms with van der Waals surface area (Å²) >= 11 is 5.95. The highest BCUT2D eigenvalue weighted by Gasteiger charge is 2.00. The highest BCUT2D eigenvalue weighted by molar-refractivity contribution is 6.31. The molecule has 0 unspecified atom stereocenters. The fourth-order valence-corrected chi connectivity index (χ4v) is 1.44. The van der Waals surface area contributed by atoms with E-state index in [9.17, 15) is 0 Å². The van der Waals surface area contributed by atoms with E-state index in [1.165, 1.54) is 5.56 Å². The molecule has 0 amide bonds. The first-order valence-electron chi connectivity index (χ1n) is 5.12. The fourth-order valence-electron chi connectivity index (χ4n) is 1.32. The summed E-state index contributed by atoms with van der Waals surface area (Å²) in [6, 6.07) is 6.08. The van der Waals surface area contributed by atoms with Crippen molar-refractivity contribution in [3.05, 3.63) is 34.3 Å². The molecule has 0 radical (unpaired) electrons. The van der Waals surface area contributed by atoms with Gasteiger partial charge in [0, 0.05) is 25.2 Å². The predicted octanol–water partition coefficient (Wildman–Crippen LogP) is 2.77. The third-order valence-electron chi connectivity index (χ3n) is 2.39. The van der Waals surface area contributed by atoms with Crippen LogP contribution in [0.1, 0.15) is 18.1 Å². The van der Waals surface area contributed by atoms with Gasteiger partial charge in [0.2, 0.25) is 0 Å². The number of hydrogen-bond acceptors (Lipinski definition) is 2. The van der Waals surface area contributed by atoms with Gasteiger partial charge in [-0.1, -0.05) is 23.7 Å². The summed E-state index contributed by atoms with van der Waals surface area (Å²) in [4.78, 5) is 0. The minimum Gasteiger partial charge on any atom is -0.380 e. The molecule has 0 fully saturated rings. The summed E-state index contributed by atoms with van der Waals surface area (Å²) in [6.07, 6.45) is 0.249. The highest BCUT2D eigenvalue weighted by atomic mass is 35.5. The van der Waals surface area contributed by atoms with Crippen molar-refractivity contribution >= 4 is 11.6 Å². The maximum absolute atomic E-state index is 5.95. The average molecular weight is 228 g/mol. The van der Waals surface area contributed by atoms with Gasteiger partial charge in [0.15, 0.2) is 0 Å². The molecule has 0 bridgehead atoms. The first kappa shape index (κ1) is 12.5. The molecule has 1 atom stereocenters. The average Bonchev–Trinajstić information content (AvgIpc) is 2.23.